The number of para-hydroxylation sites is 1. The molecule has 2 saturated heterocycles. The van der Waals surface area contributed by atoms with Gasteiger partial charge in [-0.2, -0.15) is 0 Å². The van der Waals surface area contributed by atoms with Crippen LogP contribution in [0.15, 0.2) is 36.4 Å². The largest absolute Gasteiger partial charge is 0.367 e. The zero-order valence-corrected chi connectivity index (χ0v) is 17.6. The molecule has 3 fully saturated rings. The van der Waals surface area contributed by atoms with E-state index in [1.807, 2.05) is 29.2 Å². The highest BCUT2D eigenvalue weighted by Crippen LogP contribution is 2.31. The molecule has 1 aromatic heterocycles. The van der Waals surface area contributed by atoms with Crippen LogP contribution in [0.4, 0.5) is 5.82 Å². The lowest BCUT2D eigenvalue weighted by molar-refractivity contribution is -0.149. The number of benzene rings is 1. The second kappa shape index (κ2) is 8.90. The van der Waals surface area contributed by atoms with Gasteiger partial charge in [-0.05, 0) is 68.8 Å². The second-order valence-corrected chi connectivity index (χ2v) is 9.19. The van der Waals surface area contributed by atoms with Gasteiger partial charge in [0.25, 0.3) is 0 Å². The Morgan fingerprint density at radius 2 is 1.80 bits per heavy atom. The zero-order valence-electron chi connectivity index (χ0n) is 17.6. The molecular formula is C24H32N4O2. The van der Waals surface area contributed by atoms with Gasteiger partial charge in [0.05, 0.1) is 11.6 Å². The van der Waals surface area contributed by atoms with E-state index in [2.05, 4.69) is 27.3 Å². The van der Waals surface area contributed by atoms with Crippen molar-refractivity contribution in [2.75, 3.05) is 51.2 Å². The molecule has 2 aromatic rings. The van der Waals surface area contributed by atoms with E-state index in [-0.39, 0.29) is 18.6 Å². The van der Waals surface area contributed by atoms with E-state index in [0.717, 1.165) is 29.2 Å². The summed E-state index contributed by atoms with van der Waals surface area (Å²) in [6, 6.07) is 12.2. The van der Waals surface area contributed by atoms with Crippen LogP contribution in [0.2, 0.25) is 0 Å². The van der Waals surface area contributed by atoms with Crippen molar-refractivity contribution >= 4 is 22.6 Å². The molecule has 0 radical (unpaired) electrons. The first-order chi connectivity index (χ1) is 14.7. The van der Waals surface area contributed by atoms with Crippen LogP contribution in [0.25, 0.3) is 10.9 Å². The SMILES string of the molecule is O=C1CO[C@@H](CNc2ccc3ccccc3n2)CN1CC1CCN(CC2CC2)CC1. The number of anilines is 1. The summed E-state index contributed by atoms with van der Waals surface area (Å²) in [6.07, 6.45) is 5.27. The fourth-order valence-electron chi connectivity index (χ4n) is 4.69. The molecule has 1 atom stereocenters. The average molecular weight is 409 g/mol. The van der Waals surface area contributed by atoms with Crippen molar-refractivity contribution in [3.63, 3.8) is 0 Å². The number of carbonyl (C=O) groups is 1. The highest BCUT2D eigenvalue weighted by atomic mass is 16.5. The van der Waals surface area contributed by atoms with E-state index in [1.54, 1.807) is 0 Å². The van der Waals surface area contributed by atoms with Crippen molar-refractivity contribution in [3.8, 4) is 0 Å². The quantitative estimate of drug-likeness (QED) is 0.763. The molecule has 6 nitrogen and oxygen atoms in total. The molecule has 0 spiro atoms. The topological polar surface area (TPSA) is 57.7 Å². The van der Waals surface area contributed by atoms with Crippen molar-refractivity contribution in [2.45, 2.75) is 31.8 Å². The number of carbonyl (C=O) groups excluding carboxylic acids is 1. The van der Waals surface area contributed by atoms with Crippen molar-refractivity contribution < 1.29 is 9.53 Å². The standard InChI is InChI=1S/C24H32N4O2/c29-24-17-30-21(13-25-23-8-7-20-3-1-2-4-22(20)26-23)16-28(24)15-19-9-11-27(12-10-19)14-18-5-6-18/h1-4,7-8,18-19,21H,5-6,9-17H2,(H,25,26)/t21-/m0/s1. The van der Waals surface area contributed by atoms with Gasteiger partial charge in [0.1, 0.15) is 12.4 Å². The number of piperidine rings is 1. The van der Waals surface area contributed by atoms with E-state index in [0.29, 0.717) is 19.0 Å². The maximum absolute atomic E-state index is 12.4. The third kappa shape index (κ3) is 4.93. The number of morpholine rings is 1. The number of amides is 1. The van der Waals surface area contributed by atoms with Crippen LogP contribution < -0.4 is 5.32 Å². The summed E-state index contributed by atoms with van der Waals surface area (Å²) in [4.78, 5) is 21.7. The number of hydrogen-bond acceptors (Lipinski definition) is 5. The summed E-state index contributed by atoms with van der Waals surface area (Å²) in [5.74, 6) is 2.57. The van der Waals surface area contributed by atoms with Gasteiger partial charge in [-0.1, -0.05) is 18.2 Å². The molecule has 3 heterocycles. The lowest BCUT2D eigenvalue weighted by Crippen LogP contribution is -2.51. The smallest absolute Gasteiger partial charge is 0.248 e. The minimum atomic E-state index is 0.00549. The monoisotopic (exact) mass is 408 g/mol. The number of ether oxygens (including phenoxy) is 1. The van der Waals surface area contributed by atoms with Crippen LogP contribution in [-0.4, -0.2) is 72.7 Å². The summed E-state index contributed by atoms with van der Waals surface area (Å²) in [5.41, 5.74) is 0.983. The molecule has 1 aromatic carbocycles. The number of nitrogens with one attached hydrogen (secondary N) is 1. The Morgan fingerprint density at radius 1 is 1.00 bits per heavy atom. The van der Waals surface area contributed by atoms with Gasteiger partial charge in [-0.3, -0.25) is 4.79 Å². The Balaban J connectivity index is 1.10. The minimum Gasteiger partial charge on any atom is -0.367 e. The van der Waals surface area contributed by atoms with Gasteiger partial charge in [-0.15, -0.1) is 0 Å². The third-order valence-electron chi connectivity index (χ3n) is 6.73. The summed E-state index contributed by atoms with van der Waals surface area (Å²) in [6.45, 7) is 6.08. The molecule has 2 aliphatic heterocycles. The van der Waals surface area contributed by atoms with E-state index in [1.165, 1.54) is 45.3 Å². The molecular weight excluding hydrogens is 376 g/mol. The Bertz CT molecular complexity index is 876. The van der Waals surface area contributed by atoms with Gasteiger partial charge in [0.2, 0.25) is 5.91 Å². The molecule has 1 amide bonds. The zero-order chi connectivity index (χ0) is 20.3. The van der Waals surface area contributed by atoms with E-state index in [4.69, 9.17) is 4.74 Å². The van der Waals surface area contributed by atoms with Crippen LogP contribution in [0.3, 0.4) is 0 Å². The Labute approximate surface area is 178 Å². The highest BCUT2D eigenvalue weighted by Gasteiger charge is 2.31. The molecule has 160 valence electrons. The predicted octanol–water partition coefficient (Wildman–Crippen LogP) is 3.00. The predicted molar refractivity (Wildman–Crippen MR) is 118 cm³/mol. The summed E-state index contributed by atoms with van der Waals surface area (Å²) >= 11 is 0. The molecule has 0 bridgehead atoms. The summed E-state index contributed by atoms with van der Waals surface area (Å²) in [7, 11) is 0. The number of rotatable bonds is 7. The number of nitrogens with zero attached hydrogens (tertiary/aromatic N) is 3. The van der Waals surface area contributed by atoms with Crippen molar-refractivity contribution in [1.82, 2.24) is 14.8 Å². The van der Waals surface area contributed by atoms with Gasteiger partial charge in [-0.25, -0.2) is 4.98 Å². The van der Waals surface area contributed by atoms with E-state index < -0.39 is 0 Å². The summed E-state index contributed by atoms with van der Waals surface area (Å²) < 4.78 is 5.80. The molecule has 0 unspecified atom stereocenters. The fourth-order valence-corrected chi connectivity index (χ4v) is 4.69. The van der Waals surface area contributed by atoms with E-state index >= 15 is 0 Å². The van der Waals surface area contributed by atoms with Gasteiger partial charge in [0, 0.05) is 31.6 Å². The van der Waals surface area contributed by atoms with Crippen LogP contribution >= 0.6 is 0 Å². The maximum atomic E-state index is 12.4. The number of aromatic nitrogens is 1. The number of pyridine rings is 1. The third-order valence-corrected chi connectivity index (χ3v) is 6.73. The molecule has 1 saturated carbocycles. The molecule has 30 heavy (non-hydrogen) atoms. The maximum Gasteiger partial charge on any atom is 0.248 e. The minimum absolute atomic E-state index is 0.00549. The lowest BCUT2D eigenvalue weighted by atomic mass is 9.95. The van der Waals surface area contributed by atoms with Crippen LogP contribution in [0.5, 0.6) is 0 Å². The Hall–Kier alpha value is -2.18. The van der Waals surface area contributed by atoms with Crippen molar-refractivity contribution in [3.05, 3.63) is 36.4 Å². The van der Waals surface area contributed by atoms with Crippen LogP contribution in [-0.2, 0) is 9.53 Å². The molecule has 6 heteroatoms. The fraction of sp³-hybridized carbons (Fsp3) is 0.583. The van der Waals surface area contributed by atoms with Crippen molar-refractivity contribution in [1.29, 1.82) is 0 Å². The first-order valence-electron chi connectivity index (χ1n) is 11.4. The first kappa shape index (κ1) is 19.8. The van der Waals surface area contributed by atoms with Gasteiger partial charge < -0.3 is 19.9 Å². The average Bonchev–Trinajstić information content (AvgIpc) is 3.59. The molecule has 1 N–H and O–H groups in total. The first-order valence-corrected chi connectivity index (χ1v) is 11.4. The van der Waals surface area contributed by atoms with Crippen molar-refractivity contribution in [2.24, 2.45) is 11.8 Å². The molecule has 5 rings (SSSR count). The van der Waals surface area contributed by atoms with Gasteiger partial charge in [0.15, 0.2) is 0 Å². The van der Waals surface area contributed by atoms with E-state index in [9.17, 15) is 4.79 Å². The number of likely N-dealkylation sites (tertiary alicyclic amines) is 1. The van der Waals surface area contributed by atoms with Gasteiger partial charge >= 0.3 is 0 Å². The summed E-state index contributed by atoms with van der Waals surface area (Å²) in [5, 5.41) is 4.53. The Morgan fingerprint density at radius 3 is 2.63 bits per heavy atom. The molecule has 3 aliphatic rings. The van der Waals surface area contributed by atoms with Crippen LogP contribution in [0, 0.1) is 11.8 Å². The molecule has 1 aliphatic carbocycles. The van der Waals surface area contributed by atoms with Crippen LogP contribution in [0.1, 0.15) is 25.7 Å². The lowest BCUT2D eigenvalue weighted by Gasteiger charge is -2.38. The Kier molecular flexibility index (Phi) is 5.86. The normalized spacial score (nSPS) is 23.8. The number of hydrogen-bond donors (Lipinski definition) is 1. The second-order valence-electron chi connectivity index (χ2n) is 9.19. The highest BCUT2D eigenvalue weighted by molar-refractivity contribution is 5.80. The number of fused-ring (bicyclic) bond motifs is 1.